The number of ether oxygens (including phenoxy) is 1. The number of aryl methyl sites for hydroxylation is 1. The molecule has 0 saturated carbocycles. The van der Waals surface area contributed by atoms with E-state index in [4.69, 9.17) is 4.74 Å². The minimum Gasteiger partial charge on any atom is -0.466 e. The number of fused-ring (bicyclic) bond motifs is 1. The first-order chi connectivity index (χ1) is 12.6. The van der Waals surface area contributed by atoms with Crippen LogP contribution in [0.4, 0.5) is 5.69 Å². The van der Waals surface area contributed by atoms with Crippen LogP contribution >= 0.6 is 0 Å². The van der Waals surface area contributed by atoms with E-state index in [9.17, 15) is 14.9 Å². The Morgan fingerprint density at radius 2 is 1.92 bits per heavy atom. The van der Waals surface area contributed by atoms with Crippen molar-refractivity contribution in [2.45, 2.75) is 26.3 Å². The van der Waals surface area contributed by atoms with Crippen molar-refractivity contribution in [3.63, 3.8) is 0 Å². The first kappa shape index (κ1) is 17.7. The molecule has 6 nitrogen and oxygen atoms in total. The second-order valence-corrected chi connectivity index (χ2v) is 5.96. The molecule has 3 rings (SSSR count). The Morgan fingerprint density at radius 1 is 1.15 bits per heavy atom. The van der Waals surface area contributed by atoms with Crippen LogP contribution in [-0.2, 0) is 16.1 Å². The number of hydrogen-bond donors (Lipinski definition) is 0. The maximum Gasteiger partial charge on any atom is 0.305 e. The lowest BCUT2D eigenvalue weighted by molar-refractivity contribution is -0.384. The number of nitrogens with zero attached hydrogens (tertiary/aromatic N) is 2. The number of nitro benzene ring substituents is 1. The molecule has 2 aromatic carbocycles. The third-order valence-corrected chi connectivity index (χ3v) is 4.23. The van der Waals surface area contributed by atoms with E-state index < -0.39 is 0 Å². The lowest BCUT2D eigenvalue weighted by atomic mass is 10.1. The third kappa shape index (κ3) is 3.74. The van der Waals surface area contributed by atoms with Gasteiger partial charge in [0.1, 0.15) is 0 Å². The summed E-state index contributed by atoms with van der Waals surface area (Å²) < 4.78 is 7.09. The number of nitro groups is 1. The molecule has 1 heterocycles. The van der Waals surface area contributed by atoms with Crippen molar-refractivity contribution >= 4 is 22.6 Å². The number of benzene rings is 2. The number of carbonyl (C=O) groups excluding carboxylic acids is 1. The molecule has 26 heavy (non-hydrogen) atoms. The molecule has 0 spiro atoms. The van der Waals surface area contributed by atoms with E-state index in [0.29, 0.717) is 26.0 Å². The first-order valence-electron chi connectivity index (χ1n) is 8.59. The summed E-state index contributed by atoms with van der Waals surface area (Å²) in [6.07, 6.45) is 0.980. The van der Waals surface area contributed by atoms with Crippen molar-refractivity contribution < 1.29 is 14.5 Å². The largest absolute Gasteiger partial charge is 0.466 e. The zero-order valence-corrected chi connectivity index (χ0v) is 14.6. The normalized spacial score (nSPS) is 10.8. The highest BCUT2D eigenvalue weighted by Crippen LogP contribution is 2.31. The van der Waals surface area contributed by atoms with Crippen LogP contribution in [0.1, 0.15) is 19.8 Å². The Hall–Kier alpha value is -3.15. The maximum atomic E-state index is 11.6. The summed E-state index contributed by atoms with van der Waals surface area (Å²) in [6.45, 7) is 2.80. The van der Waals surface area contributed by atoms with Crippen LogP contribution in [0.2, 0.25) is 0 Å². The lowest BCUT2D eigenvalue weighted by Gasteiger charge is -2.11. The average Bonchev–Trinajstić information content (AvgIpc) is 3.00. The molecule has 0 bridgehead atoms. The van der Waals surface area contributed by atoms with Gasteiger partial charge in [-0.25, -0.2) is 0 Å². The Morgan fingerprint density at radius 3 is 2.62 bits per heavy atom. The van der Waals surface area contributed by atoms with E-state index in [-0.39, 0.29) is 16.6 Å². The van der Waals surface area contributed by atoms with Gasteiger partial charge >= 0.3 is 5.97 Å². The number of carbonyl (C=O) groups is 1. The summed E-state index contributed by atoms with van der Waals surface area (Å²) in [7, 11) is 0. The fourth-order valence-electron chi connectivity index (χ4n) is 3.08. The number of non-ortho nitro benzene ring substituents is 1. The van der Waals surface area contributed by atoms with Crippen molar-refractivity contribution in [2.24, 2.45) is 0 Å². The maximum absolute atomic E-state index is 11.6. The molecule has 0 fully saturated rings. The fourth-order valence-corrected chi connectivity index (χ4v) is 3.08. The molecule has 0 unspecified atom stereocenters. The highest BCUT2D eigenvalue weighted by Gasteiger charge is 2.14. The van der Waals surface area contributed by atoms with Crippen LogP contribution in [0.5, 0.6) is 0 Å². The smallest absolute Gasteiger partial charge is 0.305 e. The van der Waals surface area contributed by atoms with Gasteiger partial charge in [-0.15, -0.1) is 0 Å². The molecule has 1 aromatic heterocycles. The van der Waals surface area contributed by atoms with Crippen molar-refractivity contribution in [3.8, 4) is 11.3 Å². The zero-order valence-electron chi connectivity index (χ0n) is 14.6. The second-order valence-electron chi connectivity index (χ2n) is 5.96. The summed E-state index contributed by atoms with van der Waals surface area (Å²) in [5.41, 5.74) is 2.99. The quantitative estimate of drug-likeness (QED) is 0.355. The lowest BCUT2D eigenvalue weighted by Crippen LogP contribution is -2.07. The topological polar surface area (TPSA) is 74.4 Å². The zero-order chi connectivity index (χ0) is 18.5. The minimum absolute atomic E-state index is 0.0702. The Kier molecular flexibility index (Phi) is 5.31. The predicted octanol–water partition coefficient (Wildman–Crippen LogP) is 4.56. The van der Waals surface area contributed by atoms with Gasteiger partial charge in [0.15, 0.2) is 0 Å². The van der Waals surface area contributed by atoms with E-state index in [1.165, 1.54) is 6.07 Å². The standard InChI is InChI=1S/C20H20N2O4/c1-2-26-20(23)9-6-12-21-18-11-10-17(22(24)25)13-16(18)14-19(21)15-7-4-3-5-8-15/h3-5,7-8,10-11,13-14H,2,6,9,12H2,1H3. The molecule has 0 N–H and O–H groups in total. The van der Waals surface area contributed by atoms with E-state index >= 15 is 0 Å². The number of rotatable bonds is 7. The Labute approximate surface area is 151 Å². The number of aromatic nitrogens is 1. The Balaban J connectivity index is 1.97. The first-order valence-corrected chi connectivity index (χ1v) is 8.59. The van der Waals surface area contributed by atoms with Gasteiger partial charge in [0.25, 0.3) is 5.69 Å². The van der Waals surface area contributed by atoms with E-state index in [0.717, 1.165) is 22.2 Å². The van der Waals surface area contributed by atoms with Crippen LogP contribution in [0.25, 0.3) is 22.2 Å². The monoisotopic (exact) mass is 352 g/mol. The molecule has 6 heteroatoms. The average molecular weight is 352 g/mol. The van der Waals surface area contributed by atoms with Gasteiger partial charge in [-0.1, -0.05) is 30.3 Å². The van der Waals surface area contributed by atoms with Crippen LogP contribution < -0.4 is 0 Å². The van der Waals surface area contributed by atoms with Gasteiger partial charge in [0.05, 0.1) is 11.5 Å². The number of hydrogen-bond acceptors (Lipinski definition) is 4. The molecular weight excluding hydrogens is 332 g/mol. The van der Waals surface area contributed by atoms with Crippen LogP contribution in [0.15, 0.2) is 54.6 Å². The van der Waals surface area contributed by atoms with Crippen LogP contribution in [-0.4, -0.2) is 22.1 Å². The fraction of sp³-hybridized carbons (Fsp3) is 0.250. The van der Waals surface area contributed by atoms with Gasteiger partial charge in [0.2, 0.25) is 0 Å². The summed E-state index contributed by atoms with van der Waals surface area (Å²) in [6, 6.07) is 16.7. The van der Waals surface area contributed by atoms with Gasteiger partial charge in [-0.3, -0.25) is 14.9 Å². The van der Waals surface area contributed by atoms with E-state index in [1.54, 1.807) is 19.1 Å². The molecule has 0 aliphatic carbocycles. The van der Waals surface area contributed by atoms with Crippen molar-refractivity contribution in [2.75, 3.05) is 6.61 Å². The van der Waals surface area contributed by atoms with Crippen molar-refractivity contribution in [1.82, 2.24) is 4.57 Å². The van der Waals surface area contributed by atoms with Gasteiger partial charge < -0.3 is 9.30 Å². The molecule has 3 aromatic rings. The summed E-state index contributed by atoms with van der Waals surface area (Å²) in [5.74, 6) is -0.208. The summed E-state index contributed by atoms with van der Waals surface area (Å²) in [5, 5.41) is 11.9. The third-order valence-electron chi connectivity index (χ3n) is 4.23. The molecule has 0 saturated heterocycles. The van der Waals surface area contributed by atoms with Crippen LogP contribution in [0.3, 0.4) is 0 Å². The molecular formula is C20H20N2O4. The molecule has 0 aliphatic heterocycles. The molecule has 134 valence electrons. The summed E-state index contributed by atoms with van der Waals surface area (Å²) in [4.78, 5) is 22.3. The SMILES string of the molecule is CCOC(=O)CCCn1c(-c2ccccc2)cc2cc([N+](=O)[O-])ccc21. The van der Waals surface area contributed by atoms with E-state index in [1.807, 2.05) is 36.4 Å². The highest BCUT2D eigenvalue weighted by atomic mass is 16.6. The Bertz CT molecular complexity index is 932. The van der Waals surface area contributed by atoms with Gasteiger partial charge in [-0.05, 0) is 31.0 Å². The number of esters is 1. The highest BCUT2D eigenvalue weighted by molar-refractivity contribution is 5.88. The van der Waals surface area contributed by atoms with E-state index in [2.05, 4.69) is 4.57 Å². The van der Waals surface area contributed by atoms with Crippen molar-refractivity contribution in [3.05, 3.63) is 64.7 Å². The van der Waals surface area contributed by atoms with Gasteiger partial charge in [-0.2, -0.15) is 0 Å². The molecule has 0 amide bonds. The van der Waals surface area contributed by atoms with Crippen molar-refractivity contribution in [1.29, 1.82) is 0 Å². The predicted molar refractivity (Wildman–Crippen MR) is 99.9 cm³/mol. The second kappa shape index (κ2) is 7.82. The molecule has 0 radical (unpaired) electrons. The minimum atomic E-state index is -0.389. The van der Waals surface area contributed by atoms with Crippen LogP contribution in [0, 0.1) is 10.1 Å². The van der Waals surface area contributed by atoms with Gasteiger partial charge in [0, 0.05) is 41.7 Å². The molecule has 0 atom stereocenters. The molecule has 0 aliphatic rings. The summed E-state index contributed by atoms with van der Waals surface area (Å²) >= 11 is 0.